The third-order valence-electron chi connectivity index (χ3n) is 10.9. The van der Waals surface area contributed by atoms with Gasteiger partial charge in [-0.25, -0.2) is 0 Å². The summed E-state index contributed by atoms with van der Waals surface area (Å²) in [6, 6.07) is 64.9. The Hall–Kier alpha value is -5.96. The Morgan fingerprint density at radius 2 is 1.04 bits per heavy atom. The number of rotatable bonds is 5. The van der Waals surface area contributed by atoms with Crippen molar-refractivity contribution in [2.45, 2.75) is 19.3 Å². The zero-order chi connectivity index (χ0) is 34.1. The molecule has 0 saturated heterocycles. The van der Waals surface area contributed by atoms with Gasteiger partial charge in [-0.15, -0.1) is 11.3 Å². The van der Waals surface area contributed by atoms with E-state index >= 15 is 0 Å². The SMILES string of the molecule is CC1(C)c2ccccc2-c2ccc(N(c3ccc(-c4cccc5sc6ccccc6c45)cc3)c3cccc(-c4cccc5ccccc45)c3)cc21. The molecule has 0 aliphatic heterocycles. The van der Waals surface area contributed by atoms with Crippen molar-refractivity contribution in [2.75, 3.05) is 4.90 Å². The highest BCUT2D eigenvalue weighted by molar-refractivity contribution is 7.25. The number of nitrogens with zero attached hydrogens (tertiary/aromatic N) is 1. The fraction of sp³-hybridized carbons (Fsp3) is 0.0612. The Balaban J connectivity index is 1.14. The summed E-state index contributed by atoms with van der Waals surface area (Å²) >= 11 is 1.87. The first-order valence-corrected chi connectivity index (χ1v) is 18.5. The number of hydrogen-bond acceptors (Lipinski definition) is 2. The lowest BCUT2D eigenvalue weighted by molar-refractivity contribution is 0.660. The number of thiophene rings is 1. The lowest BCUT2D eigenvalue weighted by atomic mass is 9.82. The van der Waals surface area contributed by atoms with Crippen LogP contribution in [0.2, 0.25) is 0 Å². The quantitative estimate of drug-likeness (QED) is 0.176. The van der Waals surface area contributed by atoms with Crippen LogP contribution in [0, 0.1) is 0 Å². The lowest BCUT2D eigenvalue weighted by Gasteiger charge is -2.28. The summed E-state index contributed by atoms with van der Waals surface area (Å²) in [5, 5.41) is 5.18. The van der Waals surface area contributed by atoms with E-state index < -0.39 is 0 Å². The van der Waals surface area contributed by atoms with Gasteiger partial charge in [0.05, 0.1) is 0 Å². The Morgan fingerprint density at radius 3 is 1.94 bits per heavy atom. The van der Waals surface area contributed by atoms with Crippen molar-refractivity contribution in [1.29, 1.82) is 0 Å². The molecule has 0 unspecified atom stereocenters. The Bertz CT molecular complexity index is 2780. The topological polar surface area (TPSA) is 3.24 Å². The van der Waals surface area contributed by atoms with Crippen LogP contribution in [0.4, 0.5) is 17.1 Å². The van der Waals surface area contributed by atoms with Gasteiger partial charge in [0.15, 0.2) is 0 Å². The minimum atomic E-state index is -0.0930. The van der Waals surface area contributed by atoms with Crippen LogP contribution in [0.25, 0.3) is 64.3 Å². The standard InChI is InChI=1S/C49H35NS/c1-49(2)44-21-7-5-17-41(44)42-29-28-37(31-45(42)49)50(36-15-9-14-34(30-36)39-19-10-13-32-12-3-4-16-38(32)39)35-26-24-33(25-27-35)40-20-11-23-47-48(40)43-18-6-8-22-46(43)51-47/h3-31H,1-2H3. The summed E-state index contributed by atoms with van der Waals surface area (Å²) in [6.45, 7) is 4.72. The van der Waals surface area contributed by atoms with Gasteiger partial charge < -0.3 is 4.90 Å². The van der Waals surface area contributed by atoms with E-state index in [0.29, 0.717) is 0 Å². The summed E-state index contributed by atoms with van der Waals surface area (Å²) in [7, 11) is 0. The molecule has 0 spiro atoms. The maximum atomic E-state index is 2.43. The van der Waals surface area contributed by atoms with E-state index in [2.05, 4.69) is 195 Å². The molecule has 0 saturated carbocycles. The molecule has 51 heavy (non-hydrogen) atoms. The van der Waals surface area contributed by atoms with E-state index in [1.807, 2.05) is 11.3 Å². The van der Waals surface area contributed by atoms with Crippen LogP contribution >= 0.6 is 11.3 Å². The number of fused-ring (bicyclic) bond motifs is 7. The van der Waals surface area contributed by atoms with Crippen LogP contribution in [0.1, 0.15) is 25.0 Å². The molecule has 1 heterocycles. The summed E-state index contributed by atoms with van der Waals surface area (Å²) in [5.41, 5.74) is 13.7. The lowest BCUT2D eigenvalue weighted by Crippen LogP contribution is -2.16. The maximum absolute atomic E-state index is 2.43. The number of anilines is 3. The highest BCUT2D eigenvalue weighted by Crippen LogP contribution is 2.51. The van der Waals surface area contributed by atoms with Gasteiger partial charge >= 0.3 is 0 Å². The molecule has 242 valence electrons. The van der Waals surface area contributed by atoms with Gasteiger partial charge in [-0.05, 0) is 104 Å². The van der Waals surface area contributed by atoms with Crippen molar-refractivity contribution in [1.82, 2.24) is 0 Å². The highest BCUT2D eigenvalue weighted by Gasteiger charge is 2.35. The molecule has 8 aromatic carbocycles. The van der Waals surface area contributed by atoms with Gasteiger partial charge in [0.1, 0.15) is 0 Å². The molecule has 0 atom stereocenters. The molecule has 2 heteroatoms. The summed E-state index contributed by atoms with van der Waals surface area (Å²) < 4.78 is 2.65. The van der Waals surface area contributed by atoms with Gasteiger partial charge in [0.25, 0.3) is 0 Å². The Morgan fingerprint density at radius 1 is 0.412 bits per heavy atom. The minimum absolute atomic E-state index is 0.0930. The molecule has 0 bridgehead atoms. The molecular formula is C49H35NS. The molecule has 0 N–H and O–H groups in total. The van der Waals surface area contributed by atoms with Crippen LogP contribution < -0.4 is 4.90 Å². The van der Waals surface area contributed by atoms with Crippen molar-refractivity contribution >= 4 is 59.3 Å². The van der Waals surface area contributed by atoms with Crippen molar-refractivity contribution in [2.24, 2.45) is 0 Å². The van der Waals surface area contributed by atoms with Crippen molar-refractivity contribution < 1.29 is 0 Å². The third kappa shape index (κ3) is 4.75. The number of benzene rings is 8. The summed E-state index contributed by atoms with van der Waals surface area (Å²) in [6.07, 6.45) is 0. The van der Waals surface area contributed by atoms with Crippen LogP contribution in [0.5, 0.6) is 0 Å². The first-order chi connectivity index (χ1) is 25.0. The maximum Gasteiger partial charge on any atom is 0.0467 e. The van der Waals surface area contributed by atoms with Gasteiger partial charge in [0.2, 0.25) is 0 Å². The van der Waals surface area contributed by atoms with Crippen LogP contribution in [0.15, 0.2) is 176 Å². The molecule has 1 nitrogen and oxygen atoms in total. The van der Waals surface area contributed by atoms with E-state index in [0.717, 1.165) is 17.1 Å². The van der Waals surface area contributed by atoms with Gasteiger partial charge in [0, 0.05) is 42.6 Å². The van der Waals surface area contributed by atoms with Gasteiger partial charge in [-0.2, -0.15) is 0 Å². The van der Waals surface area contributed by atoms with E-state index in [1.54, 1.807) is 0 Å². The first-order valence-electron chi connectivity index (χ1n) is 17.7. The van der Waals surface area contributed by atoms with Crippen molar-refractivity contribution in [3.05, 3.63) is 187 Å². The normalized spacial score (nSPS) is 13.1. The summed E-state index contributed by atoms with van der Waals surface area (Å²) in [5.74, 6) is 0. The molecule has 1 aliphatic rings. The van der Waals surface area contributed by atoms with Crippen LogP contribution in [0.3, 0.4) is 0 Å². The van der Waals surface area contributed by atoms with E-state index in [4.69, 9.17) is 0 Å². The molecule has 0 amide bonds. The largest absolute Gasteiger partial charge is 0.310 e. The second kappa shape index (κ2) is 11.6. The average molecular weight is 670 g/mol. The summed E-state index contributed by atoms with van der Waals surface area (Å²) in [4.78, 5) is 2.43. The Labute approximate surface area is 302 Å². The zero-order valence-electron chi connectivity index (χ0n) is 28.6. The zero-order valence-corrected chi connectivity index (χ0v) is 29.4. The second-order valence-electron chi connectivity index (χ2n) is 14.1. The van der Waals surface area contributed by atoms with Gasteiger partial charge in [-0.1, -0.05) is 141 Å². The monoisotopic (exact) mass is 669 g/mol. The molecule has 0 fully saturated rings. The predicted octanol–water partition coefficient (Wildman–Crippen LogP) is 14.3. The second-order valence-corrected chi connectivity index (χ2v) is 15.2. The van der Waals surface area contributed by atoms with E-state index in [1.165, 1.54) is 75.5 Å². The molecular weight excluding hydrogens is 635 g/mol. The molecule has 10 rings (SSSR count). The Kier molecular flexibility index (Phi) is 6.78. The van der Waals surface area contributed by atoms with Crippen LogP contribution in [-0.4, -0.2) is 0 Å². The first kappa shape index (κ1) is 29.9. The fourth-order valence-electron chi connectivity index (χ4n) is 8.37. The van der Waals surface area contributed by atoms with Crippen molar-refractivity contribution in [3.8, 4) is 33.4 Å². The van der Waals surface area contributed by atoms with Crippen LogP contribution in [-0.2, 0) is 5.41 Å². The molecule has 0 radical (unpaired) electrons. The fourth-order valence-corrected chi connectivity index (χ4v) is 9.51. The molecule has 1 aromatic heterocycles. The highest BCUT2D eigenvalue weighted by atomic mass is 32.1. The van der Waals surface area contributed by atoms with Gasteiger partial charge in [-0.3, -0.25) is 0 Å². The van der Waals surface area contributed by atoms with Crippen molar-refractivity contribution in [3.63, 3.8) is 0 Å². The minimum Gasteiger partial charge on any atom is -0.310 e. The van der Waals surface area contributed by atoms with E-state index in [9.17, 15) is 0 Å². The molecule has 1 aliphatic carbocycles. The smallest absolute Gasteiger partial charge is 0.0467 e. The van der Waals surface area contributed by atoms with E-state index in [-0.39, 0.29) is 5.41 Å². The third-order valence-corrected chi connectivity index (χ3v) is 12.0. The number of hydrogen-bond donors (Lipinski definition) is 0. The average Bonchev–Trinajstić information content (AvgIpc) is 3.67. The molecule has 9 aromatic rings. The predicted molar refractivity (Wildman–Crippen MR) is 220 cm³/mol.